The molecule has 1 heterocycles. The highest BCUT2D eigenvalue weighted by Crippen LogP contribution is 2.30. The molecule has 1 amide bonds. The molecule has 1 aromatic heterocycles. The standard InChI is InChI=1S/C18H16N4O5/c1-26-13-4-6-17(27-2)14(10-13)20-18(23)12-3-5-15(16(9-12)22(24)25)21-8-7-19-11-21/h3-11H,1-2H3,(H,20,23). The van der Waals surface area contributed by atoms with Gasteiger partial charge < -0.3 is 19.4 Å². The molecule has 0 radical (unpaired) electrons. The highest BCUT2D eigenvalue weighted by atomic mass is 16.6. The number of nitro groups is 1. The summed E-state index contributed by atoms with van der Waals surface area (Å²) in [6.45, 7) is 0. The molecule has 0 aliphatic heterocycles. The number of anilines is 1. The lowest BCUT2D eigenvalue weighted by Gasteiger charge is -2.12. The zero-order valence-corrected chi connectivity index (χ0v) is 14.6. The van der Waals surface area contributed by atoms with Crippen molar-refractivity contribution in [2.24, 2.45) is 0 Å². The molecule has 0 fully saturated rings. The summed E-state index contributed by atoms with van der Waals surface area (Å²) < 4.78 is 11.9. The molecule has 1 N–H and O–H groups in total. The SMILES string of the molecule is COc1ccc(OC)c(NC(=O)c2ccc(-n3ccnc3)c([N+](=O)[O-])c2)c1. The van der Waals surface area contributed by atoms with E-state index in [-0.39, 0.29) is 11.3 Å². The fraction of sp³-hybridized carbons (Fsp3) is 0.111. The van der Waals surface area contributed by atoms with Gasteiger partial charge in [-0.05, 0) is 24.3 Å². The van der Waals surface area contributed by atoms with Gasteiger partial charge in [-0.25, -0.2) is 4.98 Å². The minimum absolute atomic E-state index is 0.135. The molecule has 0 saturated heterocycles. The monoisotopic (exact) mass is 368 g/mol. The van der Waals surface area contributed by atoms with Crippen molar-refractivity contribution in [2.75, 3.05) is 19.5 Å². The summed E-state index contributed by atoms with van der Waals surface area (Å²) in [5.41, 5.74) is 0.630. The number of nitrogens with zero attached hydrogens (tertiary/aromatic N) is 3. The zero-order chi connectivity index (χ0) is 19.4. The van der Waals surface area contributed by atoms with Gasteiger partial charge in [0.1, 0.15) is 17.2 Å². The number of carbonyl (C=O) groups excluding carboxylic acids is 1. The van der Waals surface area contributed by atoms with Gasteiger partial charge in [0.15, 0.2) is 0 Å². The molecule has 27 heavy (non-hydrogen) atoms. The number of hydrogen-bond acceptors (Lipinski definition) is 6. The quantitative estimate of drug-likeness (QED) is 0.529. The molecule has 3 aromatic rings. The average Bonchev–Trinajstić information content (AvgIpc) is 3.22. The Hall–Kier alpha value is -3.88. The van der Waals surface area contributed by atoms with Gasteiger partial charge in [0.2, 0.25) is 0 Å². The molecule has 0 saturated carbocycles. The van der Waals surface area contributed by atoms with Crippen molar-refractivity contribution < 1.29 is 19.2 Å². The summed E-state index contributed by atoms with van der Waals surface area (Å²) in [6.07, 6.45) is 4.55. The first kappa shape index (κ1) is 17.9. The number of aromatic nitrogens is 2. The van der Waals surface area contributed by atoms with E-state index in [1.54, 1.807) is 24.4 Å². The maximum absolute atomic E-state index is 12.6. The van der Waals surface area contributed by atoms with E-state index < -0.39 is 10.8 Å². The van der Waals surface area contributed by atoms with Crippen molar-refractivity contribution in [3.05, 3.63) is 70.8 Å². The Kier molecular flexibility index (Phi) is 5.02. The molecule has 0 spiro atoms. The number of nitrogens with one attached hydrogen (secondary N) is 1. The molecule has 9 nitrogen and oxygen atoms in total. The van der Waals surface area contributed by atoms with Gasteiger partial charge in [-0.15, -0.1) is 0 Å². The summed E-state index contributed by atoms with van der Waals surface area (Å²) in [4.78, 5) is 27.4. The first-order chi connectivity index (χ1) is 13.0. The summed E-state index contributed by atoms with van der Waals surface area (Å²) in [6, 6.07) is 9.17. The zero-order valence-electron chi connectivity index (χ0n) is 14.6. The van der Waals surface area contributed by atoms with Crippen molar-refractivity contribution in [1.82, 2.24) is 9.55 Å². The number of hydrogen-bond donors (Lipinski definition) is 1. The molecule has 0 atom stereocenters. The lowest BCUT2D eigenvalue weighted by Crippen LogP contribution is -2.13. The fourth-order valence-corrected chi connectivity index (χ4v) is 2.54. The van der Waals surface area contributed by atoms with Crippen LogP contribution in [0.1, 0.15) is 10.4 Å². The third-order valence-corrected chi connectivity index (χ3v) is 3.87. The molecular weight excluding hydrogens is 352 g/mol. The van der Waals surface area contributed by atoms with Crippen LogP contribution in [-0.4, -0.2) is 34.6 Å². The van der Waals surface area contributed by atoms with E-state index in [0.717, 1.165) is 0 Å². The number of rotatable bonds is 6. The van der Waals surface area contributed by atoms with E-state index in [9.17, 15) is 14.9 Å². The molecule has 0 aliphatic carbocycles. The van der Waals surface area contributed by atoms with Crippen LogP contribution in [0.4, 0.5) is 11.4 Å². The molecule has 0 aliphatic rings. The second-order valence-electron chi connectivity index (χ2n) is 5.45. The second-order valence-corrected chi connectivity index (χ2v) is 5.45. The Balaban J connectivity index is 1.94. The summed E-state index contributed by atoms with van der Waals surface area (Å²) in [5, 5.41) is 14.1. The Bertz CT molecular complexity index is 985. The van der Waals surface area contributed by atoms with Crippen LogP contribution in [0.3, 0.4) is 0 Å². The summed E-state index contributed by atoms with van der Waals surface area (Å²) in [5.74, 6) is 0.461. The topological polar surface area (TPSA) is 109 Å². The van der Waals surface area contributed by atoms with Gasteiger partial charge in [-0.1, -0.05) is 0 Å². The predicted octanol–water partition coefficient (Wildman–Crippen LogP) is 3.05. The van der Waals surface area contributed by atoms with Gasteiger partial charge in [0, 0.05) is 30.1 Å². The molecule has 2 aromatic carbocycles. The third-order valence-electron chi connectivity index (χ3n) is 3.87. The smallest absolute Gasteiger partial charge is 0.294 e. The number of ether oxygens (including phenoxy) is 2. The lowest BCUT2D eigenvalue weighted by molar-refractivity contribution is -0.384. The van der Waals surface area contributed by atoms with E-state index in [1.807, 2.05) is 0 Å². The minimum Gasteiger partial charge on any atom is -0.497 e. The average molecular weight is 368 g/mol. The van der Waals surface area contributed by atoms with Crippen molar-refractivity contribution >= 4 is 17.3 Å². The van der Waals surface area contributed by atoms with Gasteiger partial charge in [0.05, 0.1) is 31.2 Å². The number of imidazole rings is 1. The largest absolute Gasteiger partial charge is 0.497 e. The Morgan fingerprint density at radius 1 is 1.19 bits per heavy atom. The molecule has 9 heteroatoms. The predicted molar refractivity (Wildman–Crippen MR) is 97.7 cm³/mol. The van der Waals surface area contributed by atoms with Gasteiger partial charge in [-0.3, -0.25) is 14.9 Å². The normalized spacial score (nSPS) is 10.3. The Morgan fingerprint density at radius 3 is 2.63 bits per heavy atom. The van der Waals surface area contributed by atoms with E-state index in [2.05, 4.69) is 10.3 Å². The van der Waals surface area contributed by atoms with Crippen LogP contribution in [0, 0.1) is 10.1 Å². The second kappa shape index (κ2) is 7.56. The maximum atomic E-state index is 12.6. The first-order valence-corrected chi connectivity index (χ1v) is 7.83. The lowest BCUT2D eigenvalue weighted by atomic mass is 10.1. The molecule has 138 valence electrons. The van der Waals surface area contributed by atoms with Crippen LogP contribution in [0.5, 0.6) is 11.5 Å². The van der Waals surface area contributed by atoms with Crippen molar-refractivity contribution in [1.29, 1.82) is 0 Å². The van der Waals surface area contributed by atoms with Crippen LogP contribution in [0.2, 0.25) is 0 Å². The highest BCUT2D eigenvalue weighted by Gasteiger charge is 2.19. The van der Waals surface area contributed by atoms with Crippen LogP contribution < -0.4 is 14.8 Å². The van der Waals surface area contributed by atoms with Gasteiger partial charge >= 0.3 is 0 Å². The molecule has 3 rings (SSSR count). The minimum atomic E-state index is -0.543. The van der Waals surface area contributed by atoms with Crippen molar-refractivity contribution in [3.63, 3.8) is 0 Å². The number of methoxy groups -OCH3 is 2. The third kappa shape index (κ3) is 3.71. The molecule has 0 unspecified atom stereocenters. The first-order valence-electron chi connectivity index (χ1n) is 7.83. The Labute approximate surface area is 154 Å². The fourth-order valence-electron chi connectivity index (χ4n) is 2.54. The van der Waals surface area contributed by atoms with E-state index in [1.165, 1.54) is 49.5 Å². The van der Waals surface area contributed by atoms with Gasteiger partial charge in [-0.2, -0.15) is 0 Å². The van der Waals surface area contributed by atoms with Gasteiger partial charge in [0.25, 0.3) is 11.6 Å². The Morgan fingerprint density at radius 2 is 2.00 bits per heavy atom. The highest BCUT2D eigenvalue weighted by molar-refractivity contribution is 6.05. The van der Waals surface area contributed by atoms with E-state index in [4.69, 9.17) is 9.47 Å². The number of benzene rings is 2. The summed E-state index contributed by atoms with van der Waals surface area (Å²) in [7, 11) is 2.98. The molecule has 0 bridgehead atoms. The number of amides is 1. The van der Waals surface area contributed by atoms with Crippen molar-refractivity contribution in [3.8, 4) is 17.2 Å². The van der Waals surface area contributed by atoms with Crippen LogP contribution in [0.25, 0.3) is 5.69 Å². The van der Waals surface area contributed by atoms with Crippen LogP contribution in [-0.2, 0) is 0 Å². The summed E-state index contributed by atoms with van der Waals surface area (Å²) >= 11 is 0. The van der Waals surface area contributed by atoms with E-state index >= 15 is 0 Å². The van der Waals surface area contributed by atoms with Crippen LogP contribution in [0.15, 0.2) is 55.1 Å². The maximum Gasteiger partial charge on any atom is 0.294 e. The van der Waals surface area contributed by atoms with Crippen LogP contribution >= 0.6 is 0 Å². The van der Waals surface area contributed by atoms with E-state index in [0.29, 0.717) is 22.9 Å². The number of nitro benzene ring substituents is 1. The van der Waals surface area contributed by atoms with Crippen molar-refractivity contribution in [2.45, 2.75) is 0 Å². The molecular formula is C18H16N4O5. The number of carbonyl (C=O) groups is 1.